The SMILES string of the molecule is Cc1cccc(C)c1-c1cc(-c2cc(-n3c4ccccc4c4cc(-n5c6ccccc6c6ccccc65)ccc43)ccc2C#N)cc(-n2c3ccccc3c3ccc(C#N)cc32)c1. The molecule has 0 aliphatic carbocycles. The molecule has 294 valence electrons. The molecule has 0 atom stereocenters. The van der Waals surface area contributed by atoms with Crippen molar-refractivity contribution in [2.45, 2.75) is 13.8 Å². The molecule has 0 N–H and O–H groups in total. The van der Waals surface area contributed by atoms with Gasteiger partial charge in [-0.3, -0.25) is 0 Å². The Balaban J connectivity index is 1.10. The summed E-state index contributed by atoms with van der Waals surface area (Å²) in [6.45, 7) is 4.31. The van der Waals surface area contributed by atoms with Crippen LogP contribution in [-0.2, 0) is 0 Å². The summed E-state index contributed by atoms with van der Waals surface area (Å²) in [4.78, 5) is 0. The van der Waals surface area contributed by atoms with Crippen LogP contribution in [0, 0.1) is 36.5 Å². The van der Waals surface area contributed by atoms with Gasteiger partial charge < -0.3 is 13.7 Å². The molecule has 3 aromatic heterocycles. The predicted molar refractivity (Wildman–Crippen MR) is 259 cm³/mol. The van der Waals surface area contributed by atoms with Crippen molar-refractivity contribution in [2.24, 2.45) is 0 Å². The highest BCUT2D eigenvalue weighted by Gasteiger charge is 2.20. The number of hydrogen-bond donors (Lipinski definition) is 0. The minimum Gasteiger partial charge on any atom is -0.309 e. The monoisotopic (exact) mass is 803 g/mol. The molecule has 0 aliphatic rings. The molecule has 0 unspecified atom stereocenters. The van der Waals surface area contributed by atoms with E-state index in [1.54, 1.807) is 0 Å². The maximum absolute atomic E-state index is 10.8. The van der Waals surface area contributed by atoms with Gasteiger partial charge in [-0.25, -0.2) is 0 Å². The molecule has 0 fully saturated rings. The average Bonchev–Trinajstić information content (AvgIpc) is 3.96. The number of nitrogens with zero attached hydrogens (tertiary/aromatic N) is 5. The van der Waals surface area contributed by atoms with Crippen molar-refractivity contribution >= 4 is 65.4 Å². The first-order chi connectivity index (χ1) is 31.0. The van der Waals surface area contributed by atoms with Crippen molar-refractivity contribution in [1.29, 1.82) is 10.5 Å². The fraction of sp³-hybridized carbons (Fsp3) is 0.0345. The first-order valence-corrected chi connectivity index (χ1v) is 21.2. The van der Waals surface area contributed by atoms with Gasteiger partial charge in [0.25, 0.3) is 0 Å². The fourth-order valence-corrected chi connectivity index (χ4v) is 10.2. The second-order valence-electron chi connectivity index (χ2n) is 16.5. The van der Waals surface area contributed by atoms with E-state index >= 15 is 0 Å². The average molecular weight is 804 g/mol. The largest absolute Gasteiger partial charge is 0.309 e. The molecule has 0 amide bonds. The van der Waals surface area contributed by atoms with Gasteiger partial charge in [0.1, 0.15) is 0 Å². The van der Waals surface area contributed by atoms with E-state index in [1.165, 1.54) is 32.9 Å². The Labute approximate surface area is 363 Å². The van der Waals surface area contributed by atoms with Crippen LogP contribution in [0.3, 0.4) is 0 Å². The van der Waals surface area contributed by atoms with E-state index in [0.29, 0.717) is 11.1 Å². The van der Waals surface area contributed by atoms with E-state index in [2.05, 4.69) is 210 Å². The summed E-state index contributed by atoms with van der Waals surface area (Å²) in [6.07, 6.45) is 0. The molecule has 12 rings (SSSR count). The van der Waals surface area contributed by atoms with Crippen LogP contribution in [-0.4, -0.2) is 13.7 Å². The zero-order valence-corrected chi connectivity index (χ0v) is 34.6. The van der Waals surface area contributed by atoms with Crippen molar-refractivity contribution in [3.8, 4) is 51.5 Å². The van der Waals surface area contributed by atoms with Gasteiger partial charge in [0.05, 0.1) is 56.4 Å². The molecular weight excluding hydrogens is 767 g/mol. The maximum Gasteiger partial charge on any atom is 0.0998 e. The number of benzene rings is 9. The zero-order chi connectivity index (χ0) is 42.3. The number of para-hydroxylation sites is 4. The molecule has 12 aromatic rings. The minimum atomic E-state index is 0.590. The Hall–Kier alpha value is -8.64. The lowest BCUT2D eigenvalue weighted by molar-refractivity contribution is 1.16. The molecular formula is C58H37N5. The summed E-state index contributed by atoms with van der Waals surface area (Å²) < 4.78 is 6.97. The minimum absolute atomic E-state index is 0.590. The van der Waals surface area contributed by atoms with Crippen LogP contribution in [0.25, 0.3) is 105 Å². The van der Waals surface area contributed by atoms with E-state index < -0.39 is 0 Å². The van der Waals surface area contributed by atoms with Crippen molar-refractivity contribution < 1.29 is 0 Å². The molecule has 5 heteroatoms. The lowest BCUT2D eigenvalue weighted by Gasteiger charge is -2.18. The molecule has 0 spiro atoms. The molecule has 0 saturated heterocycles. The Bertz CT molecular complexity index is 3900. The number of rotatable bonds is 5. The predicted octanol–water partition coefficient (Wildman–Crippen LogP) is 14.7. The number of aromatic nitrogens is 3. The summed E-state index contributed by atoms with van der Waals surface area (Å²) >= 11 is 0. The third kappa shape index (κ3) is 5.47. The topological polar surface area (TPSA) is 62.4 Å². The van der Waals surface area contributed by atoms with E-state index in [1.807, 2.05) is 18.2 Å². The Morgan fingerprint density at radius 2 is 0.841 bits per heavy atom. The van der Waals surface area contributed by atoms with Crippen molar-refractivity contribution in [1.82, 2.24) is 13.7 Å². The highest BCUT2D eigenvalue weighted by molar-refractivity contribution is 6.13. The van der Waals surface area contributed by atoms with Crippen molar-refractivity contribution in [3.05, 3.63) is 210 Å². The van der Waals surface area contributed by atoms with Gasteiger partial charge in [-0.1, -0.05) is 97.1 Å². The number of fused-ring (bicyclic) bond motifs is 9. The van der Waals surface area contributed by atoms with Gasteiger partial charge in [-0.2, -0.15) is 10.5 Å². The fourth-order valence-electron chi connectivity index (χ4n) is 10.2. The van der Waals surface area contributed by atoms with Gasteiger partial charge >= 0.3 is 0 Å². The van der Waals surface area contributed by atoms with E-state index in [-0.39, 0.29) is 0 Å². The van der Waals surface area contributed by atoms with E-state index in [0.717, 1.165) is 82.9 Å². The Morgan fingerprint density at radius 1 is 0.349 bits per heavy atom. The van der Waals surface area contributed by atoms with Crippen LogP contribution < -0.4 is 0 Å². The van der Waals surface area contributed by atoms with Gasteiger partial charge in [-0.15, -0.1) is 0 Å². The highest BCUT2D eigenvalue weighted by Crippen LogP contribution is 2.41. The maximum atomic E-state index is 10.8. The summed E-state index contributed by atoms with van der Waals surface area (Å²) in [6, 6.07) is 71.2. The second kappa shape index (κ2) is 14.0. The first kappa shape index (κ1) is 36.2. The molecule has 63 heavy (non-hydrogen) atoms. The Morgan fingerprint density at radius 3 is 1.43 bits per heavy atom. The molecule has 0 bridgehead atoms. The van der Waals surface area contributed by atoms with E-state index in [4.69, 9.17) is 0 Å². The van der Waals surface area contributed by atoms with E-state index in [9.17, 15) is 10.5 Å². The van der Waals surface area contributed by atoms with Gasteiger partial charge in [0, 0.05) is 54.9 Å². The number of hydrogen-bond acceptors (Lipinski definition) is 2. The first-order valence-electron chi connectivity index (χ1n) is 21.2. The van der Waals surface area contributed by atoms with Crippen LogP contribution in [0.15, 0.2) is 188 Å². The molecule has 0 aliphatic heterocycles. The van der Waals surface area contributed by atoms with Crippen LogP contribution in [0.5, 0.6) is 0 Å². The summed E-state index contributed by atoms with van der Waals surface area (Å²) in [5.74, 6) is 0. The van der Waals surface area contributed by atoms with Crippen LogP contribution in [0.1, 0.15) is 22.3 Å². The van der Waals surface area contributed by atoms with Gasteiger partial charge in [0.2, 0.25) is 0 Å². The standard InChI is InChI=1S/C58H37N5/c1-36-12-11-13-37(2)58(36)41-29-40(30-44(31-41)63-54-20-9-5-16-47(54)49-26-22-38(34-59)28-57(49)63)50-32-42(24-23-39(50)35-60)62-55-21-10-6-17-48(55)51-33-43(25-27-56(51)62)61-52-18-7-3-14-45(52)46-15-4-8-19-53(46)61/h3-33H,1-2H3. The van der Waals surface area contributed by atoms with Crippen molar-refractivity contribution in [3.63, 3.8) is 0 Å². The molecule has 3 heterocycles. The van der Waals surface area contributed by atoms with Crippen LogP contribution >= 0.6 is 0 Å². The van der Waals surface area contributed by atoms with Gasteiger partial charge in [0.15, 0.2) is 0 Å². The zero-order valence-electron chi connectivity index (χ0n) is 34.6. The van der Waals surface area contributed by atoms with Crippen LogP contribution in [0.4, 0.5) is 0 Å². The summed E-state index contributed by atoms with van der Waals surface area (Å²) in [5.41, 5.74) is 17.1. The number of aryl methyl sites for hydroxylation is 2. The number of nitriles is 2. The molecule has 5 nitrogen and oxygen atoms in total. The molecule has 0 radical (unpaired) electrons. The second-order valence-corrected chi connectivity index (χ2v) is 16.5. The molecule has 9 aromatic carbocycles. The Kier molecular flexibility index (Phi) is 8.03. The summed E-state index contributed by atoms with van der Waals surface area (Å²) in [5, 5.41) is 27.8. The quantitative estimate of drug-likeness (QED) is 0.174. The van der Waals surface area contributed by atoms with Gasteiger partial charge in [-0.05, 0) is 133 Å². The summed E-state index contributed by atoms with van der Waals surface area (Å²) in [7, 11) is 0. The third-order valence-corrected chi connectivity index (χ3v) is 12.9. The van der Waals surface area contributed by atoms with Crippen LogP contribution in [0.2, 0.25) is 0 Å². The lowest BCUT2D eigenvalue weighted by Crippen LogP contribution is -1.99. The highest BCUT2D eigenvalue weighted by atomic mass is 15.0. The normalized spacial score (nSPS) is 11.6. The third-order valence-electron chi connectivity index (χ3n) is 12.9. The van der Waals surface area contributed by atoms with Crippen molar-refractivity contribution in [2.75, 3.05) is 0 Å². The smallest absolute Gasteiger partial charge is 0.0998 e. The lowest BCUT2D eigenvalue weighted by atomic mass is 9.91. The molecule has 0 saturated carbocycles.